The number of benzene rings is 1. The van der Waals surface area contributed by atoms with E-state index < -0.39 is 0 Å². The molecule has 100 valence electrons. The average molecular weight is 272 g/mol. The van der Waals surface area contributed by atoms with E-state index in [0.717, 1.165) is 12.3 Å². The van der Waals surface area contributed by atoms with Crippen molar-refractivity contribution in [3.8, 4) is 0 Å². The van der Waals surface area contributed by atoms with Crippen molar-refractivity contribution in [2.24, 2.45) is 0 Å². The van der Waals surface area contributed by atoms with Gasteiger partial charge in [0.25, 0.3) is 0 Å². The molecule has 19 heavy (non-hydrogen) atoms. The van der Waals surface area contributed by atoms with Gasteiger partial charge in [-0.2, -0.15) is 0 Å². The van der Waals surface area contributed by atoms with Gasteiger partial charge in [-0.05, 0) is 43.9 Å². The van der Waals surface area contributed by atoms with E-state index in [9.17, 15) is 0 Å². The summed E-state index contributed by atoms with van der Waals surface area (Å²) in [5.74, 6) is 0.730. The van der Waals surface area contributed by atoms with E-state index in [2.05, 4.69) is 53.9 Å². The first-order valence-electron chi connectivity index (χ1n) is 6.92. The van der Waals surface area contributed by atoms with Crippen LogP contribution in [-0.4, -0.2) is 18.1 Å². The van der Waals surface area contributed by atoms with Crippen LogP contribution in [0.2, 0.25) is 0 Å². The van der Waals surface area contributed by atoms with E-state index in [4.69, 9.17) is 0 Å². The summed E-state index contributed by atoms with van der Waals surface area (Å²) in [6, 6.07) is 9.36. The zero-order valence-corrected chi connectivity index (χ0v) is 12.3. The van der Waals surface area contributed by atoms with E-state index in [1.54, 1.807) is 16.9 Å². The summed E-state index contributed by atoms with van der Waals surface area (Å²) in [5.41, 5.74) is 4.32. The first kappa shape index (κ1) is 12.8. The number of nitrogens with zero attached hydrogens (tertiary/aromatic N) is 1. The Balaban J connectivity index is 1.62. The van der Waals surface area contributed by atoms with Gasteiger partial charge in [0, 0.05) is 17.8 Å². The molecular formula is C16H20N2S. The Morgan fingerprint density at radius 3 is 2.95 bits per heavy atom. The van der Waals surface area contributed by atoms with E-state index >= 15 is 0 Å². The average Bonchev–Trinajstić information content (AvgIpc) is 2.80. The Bertz CT molecular complexity index is 561. The summed E-state index contributed by atoms with van der Waals surface area (Å²) in [5, 5.41) is 6.81. The monoisotopic (exact) mass is 272 g/mol. The number of thiazole rings is 1. The van der Waals surface area contributed by atoms with Crippen molar-refractivity contribution in [2.75, 3.05) is 7.05 Å². The quantitative estimate of drug-likeness (QED) is 0.903. The topological polar surface area (TPSA) is 24.9 Å². The van der Waals surface area contributed by atoms with Gasteiger partial charge >= 0.3 is 0 Å². The van der Waals surface area contributed by atoms with Gasteiger partial charge in [-0.25, -0.2) is 4.98 Å². The van der Waals surface area contributed by atoms with Gasteiger partial charge < -0.3 is 5.32 Å². The molecule has 0 saturated carbocycles. The minimum absolute atomic E-state index is 0.528. The van der Waals surface area contributed by atoms with Crippen LogP contribution in [0.1, 0.15) is 34.2 Å². The highest BCUT2D eigenvalue weighted by atomic mass is 32.1. The van der Waals surface area contributed by atoms with Gasteiger partial charge in [0.05, 0.1) is 10.7 Å². The normalized spacial score (nSPS) is 18.7. The molecule has 2 unspecified atom stereocenters. The third-order valence-corrected chi connectivity index (χ3v) is 4.88. The molecule has 2 atom stereocenters. The molecule has 1 aromatic heterocycles. The number of hydrogen-bond acceptors (Lipinski definition) is 3. The Hall–Kier alpha value is -1.19. The summed E-state index contributed by atoms with van der Waals surface area (Å²) in [6.07, 6.45) is 3.49. The molecular weight excluding hydrogens is 252 g/mol. The first-order chi connectivity index (χ1) is 9.26. The minimum atomic E-state index is 0.528. The molecule has 1 N–H and O–H groups in total. The van der Waals surface area contributed by atoms with E-state index in [-0.39, 0.29) is 0 Å². The minimum Gasteiger partial charge on any atom is -0.317 e. The van der Waals surface area contributed by atoms with Crippen molar-refractivity contribution in [1.82, 2.24) is 10.3 Å². The third-order valence-electron chi connectivity index (χ3n) is 4.06. The van der Waals surface area contributed by atoms with Gasteiger partial charge in [0.2, 0.25) is 0 Å². The summed E-state index contributed by atoms with van der Waals surface area (Å²) >= 11 is 1.75. The Kier molecular flexibility index (Phi) is 3.67. The van der Waals surface area contributed by atoms with Gasteiger partial charge in [-0.15, -0.1) is 11.3 Å². The molecule has 0 saturated heterocycles. The second-order valence-electron chi connectivity index (χ2n) is 5.38. The predicted octanol–water partition coefficient (Wildman–Crippen LogP) is 3.31. The van der Waals surface area contributed by atoms with Crippen molar-refractivity contribution in [1.29, 1.82) is 0 Å². The Morgan fingerprint density at radius 2 is 2.26 bits per heavy atom. The van der Waals surface area contributed by atoms with Crippen LogP contribution < -0.4 is 5.32 Å². The van der Waals surface area contributed by atoms with Crippen molar-refractivity contribution in [3.05, 3.63) is 51.5 Å². The van der Waals surface area contributed by atoms with Gasteiger partial charge in [-0.1, -0.05) is 24.3 Å². The smallest absolute Gasteiger partial charge is 0.0897 e. The molecule has 2 nitrogen and oxygen atoms in total. The van der Waals surface area contributed by atoms with Crippen LogP contribution in [0, 0.1) is 6.92 Å². The second kappa shape index (κ2) is 5.43. The molecule has 0 spiro atoms. The number of hydrogen-bond donors (Lipinski definition) is 1. The number of nitrogens with one attached hydrogen (secondary N) is 1. The standard InChI is InChI=1S/C16H20N2S/c1-11-18-15(10-19-11)9-14(17-2)8-13-7-12-5-3-4-6-16(12)13/h3-6,10,13-14,17H,7-9H2,1-2H3. The van der Waals surface area contributed by atoms with Crippen LogP contribution in [0.25, 0.3) is 0 Å². The van der Waals surface area contributed by atoms with Crippen LogP contribution in [0.4, 0.5) is 0 Å². The first-order valence-corrected chi connectivity index (χ1v) is 7.80. The number of likely N-dealkylation sites (N-methyl/N-ethyl adjacent to an activating group) is 1. The molecule has 1 aromatic carbocycles. The number of rotatable bonds is 5. The lowest BCUT2D eigenvalue weighted by Gasteiger charge is -2.33. The summed E-state index contributed by atoms with van der Waals surface area (Å²) in [6.45, 7) is 2.07. The number of aromatic nitrogens is 1. The van der Waals surface area contributed by atoms with Crippen LogP contribution in [-0.2, 0) is 12.8 Å². The molecule has 0 amide bonds. The lowest BCUT2D eigenvalue weighted by atomic mass is 9.74. The third kappa shape index (κ3) is 2.72. The molecule has 2 aromatic rings. The number of fused-ring (bicyclic) bond motifs is 1. The highest BCUT2D eigenvalue weighted by Gasteiger charge is 2.27. The largest absolute Gasteiger partial charge is 0.317 e. The van der Waals surface area contributed by atoms with Crippen LogP contribution in [0.15, 0.2) is 29.6 Å². The molecule has 0 bridgehead atoms. The summed E-state index contributed by atoms with van der Waals surface area (Å²) < 4.78 is 0. The fraction of sp³-hybridized carbons (Fsp3) is 0.438. The predicted molar refractivity (Wildman–Crippen MR) is 80.9 cm³/mol. The molecule has 1 aliphatic rings. The maximum absolute atomic E-state index is 4.57. The molecule has 3 heteroatoms. The molecule has 1 heterocycles. The SMILES string of the molecule is CNC(Cc1csc(C)n1)CC1Cc2ccccc21. The molecule has 0 radical (unpaired) electrons. The Labute approximate surface area is 118 Å². The van der Waals surface area contributed by atoms with Crippen molar-refractivity contribution >= 4 is 11.3 Å². The maximum Gasteiger partial charge on any atom is 0.0897 e. The number of aryl methyl sites for hydroxylation is 1. The van der Waals surface area contributed by atoms with Crippen LogP contribution >= 0.6 is 11.3 Å². The van der Waals surface area contributed by atoms with Crippen LogP contribution in [0.5, 0.6) is 0 Å². The molecule has 3 rings (SSSR count). The van der Waals surface area contributed by atoms with E-state index in [0.29, 0.717) is 6.04 Å². The zero-order chi connectivity index (χ0) is 13.2. The summed E-state index contributed by atoms with van der Waals surface area (Å²) in [4.78, 5) is 4.57. The lowest BCUT2D eigenvalue weighted by Crippen LogP contribution is -2.32. The van der Waals surface area contributed by atoms with Crippen molar-refractivity contribution in [2.45, 2.75) is 38.1 Å². The lowest BCUT2D eigenvalue weighted by molar-refractivity contribution is 0.436. The maximum atomic E-state index is 4.57. The molecule has 1 aliphatic carbocycles. The van der Waals surface area contributed by atoms with Gasteiger partial charge in [0.1, 0.15) is 0 Å². The van der Waals surface area contributed by atoms with Gasteiger partial charge in [-0.3, -0.25) is 0 Å². The zero-order valence-electron chi connectivity index (χ0n) is 11.5. The summed E-state index contributed by atoms with van der Waals surface area (Å²) in [7, 11) is 2.06. The highest BCUT2D eigenvalue weighted by Crippen LogP contribution is 2.38. The van der Waals surface area contributed by atoms with Crippen LogP contribution in [0.3, 0.4) is 0 Å². The fourth-order valence-electron chi connectivity index (χ4n) is 2.97. The Morgan fingerprint density at radius 1 is 1.42 bits per heavy atom. The molecule has 0 fully saturated rings. The van der Waals surface area contributed by atoms with E-state index in [1.807, 2.05) is 0 Å². The fourth-order valence-corrected chi connectivity index (χ4v) is 3.60. The molecule has 0 aliphatic heterocycles. The van der Waals surface area contributed by atoms with E-state index in [1.165, 1.54) is 29.1 Å². The van der Waals surface area contributed by atoms with Gasteiger partial charge in [0.15, 0.2) is 0 Å². The van der Waals surface area contributed by atoms with Crippen molar-refractivity contribution in [3.63, 3.8) is 0 Å². The second-order valence-corrected chi connectivity index (χ2v) is 6.45. The highest BCUT2D eigenvalue weighted by molar-refractivity contribution is 7.09. The van der Waals surface area contributed by atoms with Crippen molar-refractivity contribution < 1.29 is 0 Å².